The molecule has 0 aliphatic heterocycles. The van der Waals surface area contributed by atoms with Gasteiger partial charge in [0, 0.05) is 16.0 Å². The number of thiophene rings is 1. The molecule has 2 aromatic rings. The van der Waals surface area contributed by atoms with Gasteiger partial charge in [-0.25, -0.2) is 0 Å². The molecule has 2 amide bonds. The van der Waals surface area contributed by atoms with Crippen LogP contribution in [-0.2, 0) is 23.8 Å². The summed E-state index contributed by atoms with van der Waals surface area (Å²) in [7, 11) is 0. The Labute approximate surface area is 197 Å². The Hall–Kier alpha value is -2.35. The lowest BCUT2D eigenvalue weighted by Crippen LogP contribution is -2.29. The molecule has 1 aliphatic carbocycles. The lowest BCUT2D eigenvalue weighted by molar-refractivity contribution is -0.137. The number of benzene rings is 1. The molecule has 1 aromatic heterocycles. The van der Waals surface area contributed by atoms with Gasteiger partial charge in [-0.3, -0.25) is 9.59 Å². The summed E-state index contributed by atoms with van der Waals surface area (Å²) in [5.74, 6) is -0.291. The van der Waals surface area contributed by atoms with Gasteiger partial charge in [0.2, 0.25) is 5.91 Å². The lowest BCUT2D eigenvalue weighted by Gasteiger charge is -2.33. The predicted molar refractivity (Wildman–Crippen MR) is 127 cm³/mol. The van der Waals surface area contributed by atoms with E-state index in [2.05, 4.69) is 31.4 Å². The van der Waals surface area contributed by atoms with Crippen molar-refractivity contribution in [1.29, 1.82) is 0 Å². The van der Waals surface area contributed by atoms with Crippen LogP contribution in [0.3, 0.4) is 0 Å². The van der Waals surface area contributed by atoms with Crippen molar-refractivity contribution in [3.63, 3.8) is 0 Å². The molecule has 0 bridgehead atoms. The van der Waals surface area contributed by atoms with E-state index in [1.807, 2.05) is 0 Å². The number of fused-ring (bicyclic) bond motifs is 1. The first-order chi connectivity index (χ1) is 15.1. The maximum atomic E-state index is 13.3. The second kappa shape index (κ2) is 8.78. The van der Waals surface area contributed by atoms with Crippen LogP contribution in [0.4, 0.5) is 23.9 Å². The van der Waals surface area contributed by atoms with E-state index >= 15 is 0 Å². The second-order valence-electron chi connectivity index (χ2n) is 10.8. The average molecular weight is 481 g/mol. The molecule has 1 aromatic carbocycles. The monoisotopic (exact) mass is 480 g/mol. The fourth-order valence-corrected chi connectivity index (χ4v) is 5.23. The first kappa shape index (κ1) is 25.3. The maximum absolute atomic E-state index is 13.3. The minimum Gasteiger partial charge on any atom is -0.322 e. The quantitative estimate of drug-likeness (QED) is 0.490. The van der Waals surface area contributed by atoms with Crippen LogP contribution in [0.2, 0.25) is 0 Å². The van der Waals surface area contributed by atoms with Gasteiger partial charge in [0.15, 0.2) is 0 Å². The highest BCUT2D eigenvalue weighted by Gasteiger charge is 2.35. The summed E-state index contributed by atoms with van der Waals surface area (Å²) in [5, 5.41) is 5.98. The highest BCUT2D eigenvalue weighted by molar-refractivity contribution is 7.17. The minimum atomic E-state index is -4.50. The number of halogens is 3. The molecule has 33 heavy (non-hydrogen) atoms. The van der Waals surface area contributed by atoms with Crippen molar-refractivity contribution >= 4 is 33.8 Å². The molecular formula is C25H31F3N2O2S. The molecule has 0 saturated heterocycles. The number of carbonyl (C=O) groups is 2. The third-order valence-corrected chi connectivity index (χ3v) is 7.24. The summed E-state index contributed by atoms with van der Waals surface area (Å²) in [6.45, 7) is 11.9. The van der Waals surface area contributed by atoms with Crippen molar-refractivity contribution in [2.45, 2.75) is 67.0 Å². The zero-order chi connectivity index (χ0) is 24.8. The molecule has 1 heterocycles. The van der Waals surface area contributed by atoms with E-state index in [4.69, 9.17) is 0 Å². The lowest BCUT2D eigenvalue weighted by atomic mass is 9.72. The Morgan fingerprint density at radius 3 is 2.27 bits per heavy atom. The largest absolute Gasteiger partial charge is 0.416 e. The summed E-state index contributed by atoms with van der Waals surface area (Å²) in [6.07, 6.45) is -2.11. The smallest absolute Gasteiger partial charge is 0.322 e. The Balaban J connectivity index is 1.98. The number of hydrogen-bond donors (Lipinski definition) is 2. The van der Waals surface area contributed by atoms with E-state index in [0.29, 0.717) is 22.9 Å². The van der Waals surface area contributed by atoms with E-state index in [1.165, 1.54) is 23.5 Å². The Morgan fingerprint density at radius 1 is 1.03 bits per heavy atom. The fraction of sp³-hybridized carbons (Fsp3) is 0.520. The number of anilines is 2. The van der Waals surface area contributed by atoms with Crippen LogP contribution in [0.1, 0.15) is 74.3 Å². The number of nitrogens with one attached hydrogen (secondary N) is 2. The molecule has 0 radical (unpaired) electrons. The molecule has 3 rings (SSSR count). The fourth-order valence-electron chi connectivity index (χ4n) is 3.91. The molecule has 1 unspecified atom stereocenters. The molecule has 1 atom stereocenters. The minimum absolute atomic E-state index is 0.0613. The SMILES string of the molecule is CC(C)(C)C(=O)Nc1sc2c(c1C(=O)Nc1cccc(C(F)(F)F)c1)CCC(C(C)(C)C)C2. The summed E-state index contributed by atoms with van der Waals surface area (Å²) in [4.78, 5) is 27.1. The molecular weight excluding hydrogens is 449 g/mol. The standard InChI is InChI=1S/C25H31F3N2O2S/c1-23(2,3)14-10-11-17-18(13-14)33-21(30-22(32)24(4,5)6)19(17)20(31)29-16-9-7-8-15(12-16)25(26,27)28/h7-9,12,14H,10-11,13H2,1-6H3,(H,29,31)(H,30,32). The summed E-state index contributed by atoms with van der Waals surface area (Å²) in [6, 6.07) is 4.57. The average Bonchev–Trinajstić information content (AvgIpc) is 3.03. The number of amides is 2. The van der Waals surface area contributed by atoms with Gasteiger partial charge in [-0.2, -0.15) is 13.2 Å². The van der Waals surface area contributed by atoms with Crippen molar-refractivity contribution in [3.05, 3.63) is 45.8 Å². The van der Waals surface area contributed by atoms with E-state index in [9.17, 15) is 22.8 Å². The Morgan fingerprint density at radius 2 is 1.70 bits per heavy atom. The Bertz CT molecular complexity index is 1060. The highest BCUT2D eigenvalue weighted by Crippen LogP contribution is 2.45. The topological polar surface area (TPSA) is 58.2 Å². The molecule has 8 heteroatoms. The molecule has 180 valence electrons. The van der Waals surface area contributed by atoms with Crippen molar-refractivity contribution in [2.24, 2.45) is 16.7 Å². The zero-order valence-electron chi connectivity index (χ0n) is 19.9. The third kappa shape index (κ3) is 5.78. The van der Waals surface area contributed by atoms with Crippen LogP contribution < -0.4 is 10.6 Å². The van der Waals surface area contributed by atoms with Crippen LogP contribution in [0.15, 0.2) is 24.3 Å². The molecule has 0 spiro atoms. The molecule has 4 nitrogen and oxygen atoms in total. The molecule has 0 saturated carbocycles. The van der Waals surface area contributed by atoms with E-state index in [-0.39, 0.29) is 17.0 Å². The van der Waals surface area contributed by atoms with E-state index in [1.54, 1.807) is 20.8 Å². The van der Waals surface area contributed by atoms with Crippen LogP contribution in [-0.4, -0.2) is 11.8 Å². The second-order valence-corrected chi connectivity index (χ2v) is 11.9. The summed E-state index contributed by atoms with van der Waals surface area (Å²) >= 11 is 1.40. The van der Waals surface area contributed by atoms with Crippen molar-refractivity contribution < 1.29 is 22.8 Å². The molecule has 2 N–H and O–H groups in total. The Kier molecular flexibility index (Phi) is 6.72. The summed E-state index contributed by atoms with van der Waals surface area (Å²) < 4.78 is 39.3. The normalized spacial score (nSPS) is 16.8. The number of carbonyl (C=O) groups excluding carboxylic acids is 2. The van der Waals surface area contributed by atoms with Crippen molar-refractivity contribution in [1.82, 2.24) is 0 Å². The van der Waals surface area contributed by atoms with Crippen molar-refractivity contribution in [3.8, 4) is 0 Å². The van der Waals surface area contributed by atoms with Crippen LogP contribution in [0.25, 0.3) is 0 Å². The van der Waals surface area contributed by atoms with Gasteiger partial charge in [-0.15, -0.1) is 11.3 Å². The van der Waals surface area contributed by atoms with Gasteiger partial charge in [-0.1, -0.05) is 47.6 Å². The highest BCUT2D eigenvalue weighted by atomic mass is 32.1. The first-order valence-corrected chi connectivity index (χ1v) is 11.8. The maximum Gasteiger partial charge on any atom is 0.416 e. The molecule has 1 aliphatic rings. The number of alkyl halides is 3. The number of rotatable bonds is 3. The van der Waals surface area contributed by atoms with Crippen molar-refractivity contribution in [2.75, 3.05) is 10.6 Å². The van der Waals surface area contributed by atoms with Gasteiger partial charge in [0.05, 0.1) is 11.1 Å². The van der Waals surface area contributed by atoms with E-state index in [0.717, 1.165) is 35.4 Å². The summed E-state index contributed by atoms with van der Waals surface area (Å²) in [5.41, 5.74) is -0.0794. The van der Waals surface area contributed by atoms with Gasteiger partial charge in [-0.05, 0) is 54.4 Å². The number of hydrogen-bond acceptors (Lipinski definition) is 3. The van der Waals surface area contributed by atoms with Gasteiger partial charge < -0.3 is 10.6 Å². The predicted octanol–water partition coefficient (Wildman–Crippen LogP) is 7.15. The molecule has 0 fully saturated rings. The van der Waals surface area contributed by atoms with E-state index < -0.39 is 23.1 Å². The van der Waals surface area contributed by atoms with Gasteiger partial charge in [0.1, 0.15) is 5.00 Å². The van der Waals surface area contributed by atoms with Gasteiger partial charge >= 0.3 is 6.18 Å². The van der Waals surface area contributed by atoms with Gasteiger partial charge in [0.25, 0.3) is 5.91 Å². The third-order valence-electron chi connectivity index (χ3n) is 6.07. The van der Waals surface area contributed by atoms with Crippen LogP contribution in [0.5, 0.6) is 0 Å². The first-order valence-electron chi connectivity index (χ1n) is 11.0. The van der Waals surface area contributed by atoms with Crippen LogP contribution in [0, 0.1) is 16.7 Å². The van der Waals surface area contributed by atoms with Crippen LogP contribution >= 0.6 is 11.3 Å². The zero-order valence-corrected chi connectivity index (χ0v) is 20.7.